The molecule has 0 fully saturated rings. The van der Waals surface area contributed by atoms with E-state index < -0.39 is 0 Å². The molecule has 0 saturated heterocycles. The second-order valence-electron chi connectivity index (χ2n) is 4.39. The summed E-state index contributed by atoms with van der Waals surface area (Å²) < 4.78 is 7.15. The van der Waals surface area contributed by atoms with Crippen molar-refractivity contribution in [1.82, 2.24) is 4.90 Å². The highest BCUT2D eigenvalue weighted by Gasteiger charge is 2.24. The minimum absolute atomic E-state index is 0.106. The number of carbonyl (C=O) groups is 1. The summed E-state index contributed by atoms with van der Waals surface area (Å²) in [5.41, 5.74) is 1.05. The molecule has 19 heavy (non-hydrogen) atoms. The van der Waals surface area contributed by atoms with Gasteiger partial charge in [-0.15, -0.1) is 11.3 Å². The van der Waals surface area contributed by atoms with Crippen LogP contribution in [0.2, 0.25) is 0 Å². The van der Waals surface area contributed by atoms with Crippen LogP contribution in [0.25, 0.3) is 0 Å². The molecule has 0 spiro atoms. The van der Waals surface area contributed by atoms with Crippen LogP contribution in [0.4, 0.5) is 0 Å². The zero-order valence-electron chi connectivity index (χ0n) is 10.1. The zero-order chi connectivity index (χ0) is 13.2. The van der Waals surface area contributed by atoms with Gasteiger partial charge in [0.1, 0.15) is 5.75 Å². The molecule has 1 aliphatic heterocycles. The minimum atomic E-state index is -0.106. The Bertz CT molecular complexity index is 599. The van der Waals surface area contributed by atoms with E-state index in [1.807, 2.05) is 36.4 Å². The van der Waals surface area contributed by atoms with Crippen LogP contribution in [0.15, 0.2) is 40.2 Å². The standard InChI is InChI=1S/C14H12BrNO2S/c15-14-6-5-13(19-14)12-8-16(9-17)7-10-3-1-2-4-11(10)18-12/h1-6,9,12H,7-8H2. The van der Waals surface area contributed by atoms with Crippen molar-refractivity contribution in [3.8, 4) is 5.75 Å². The third kappa shape index (κ3) is 2.67. The van der Waals surface area contributed by atoms with Gasteiger partial charge in [-0.25, -0.2) is 0 Å². The van der Waals surface area contributed by atoms with Gasteiger partial charge in [-0.3, -0.25) is 4.79 Å². The van der Waals surface area contributed by atoms with E-state index in [1.54, 1.807) is 16.2 Å². The third-order valence-corrected chi connectivity index (χ3v) is 4.79. The fourth-order valence-corrected chi connectivity index (χ4v) is 3.61. The van der Waals surface area contributed by atoms with Crippen LogP contribution in [0.1, 0.15) is 16.5 Å². The normalized spacial score (nSPS) is 18.4. The number of amides is 1. The second-order valence-corrected chi connectivity index (χ2v) is 6.89. The molecule has 5 heteroatoms. The van der Waals surface area contributed by atoms with E-state index in [0.29, 0.717) is 13.1 Å². The molecule has 2 heterocycles. The quantitative estimate of drug-likeness (QED) is 0.783. The molecule has 1 aliphatic rings. The third-order valence-electron chi connectivity index (χ3n) is 3.08. The molecule has 1 amide bonds. The summed E-state index contributed by atoms with van der Waals surface area (Å²) in [5.74, 6) is 0.862. The summed E-state index contributed by atoms with van der Waals surface area (Å²) >= 11 is 5.10. The average molecular weight is 338 g/mol. The van der Waals surface area contributed by atoms with Gasteiger partial charge in [-0.05, 0) is 34.1 Å². The summed E-state index contributed by atoms with van der Waals surface area (Å²) in [6.07, 6.45) is 0.784. The van der Waals surface area contributed by atoms with Gasteiger partial charge in [0.25, 0.3) is 0 Å². The van der Waals surface area contributed by atoms with Crippen molar-refractivity contribution in [2.75, 3.05) is 6.54 Å². The van der Waals surface area contributed by atoms with E-state index in [0.717, 1.165) is 26.4 Å². The predicted molar refractivity (Wildman–Crippen MR) is 78.3 cm³/mol. The summed E-state index contributed by atoms with van der Waals surface area (Å²) in [7, 11) is 0. The number of hydrogen-bond donors (Lipinski definition) is 0. The first kappa shape index (κ1) is 12.7. The van der Waals surface area contributed by atoms with Crippen molar-refractivity contribution in [3.63, 3.8) is 0 Å². The number of rotatable bonds is 2. The molecule has 0 saturated carbocycles. The monoisotopic (exact) mass is 337 g/mol. The number of carbonyl (C=O) groups excluding carboxylic acids is 1. The fourth-order valence-electron chi connectivity index (χ4n) is 2.17. The van der Waals surface area contributed by atoms with Crippen molar-refractivity contribution < 1.29 is 9.53 Å². The van der Waals surface area contributed by atoms with E-state index in [4.69, 9.17) is 4.74 Å². The molecule has 1 aromatic carbocycles. The van der Waals surface area contributed by atoms with Crippen LogP contribution >= 0.6 is 27.3 Å². The number of para-hydroxylation sites is 1. The van der Waals surface area contributed by atoms with Crippen LogP contribution in [0.5, 0.6) is 5.75 Å². The summed E-state index contributed by atoms with van der Waals surface area (Å²) in [6.45, 7) is 1.17. The minimum Gasteiger partial charge on any atom is -0.483 e. The first-order valence-corrected chi connectivity index (χ1v) is 7.56. The molecule has 98 valence electrons. The predicted octanol–water partition coefficient (Wildman–Crippen LogP) is 3.60. The number of ether oxygens (including phenoxy) is 1. The van der Waals surface area contributed by atoms with Gasteiger partial charge in [-0.1, -0.05) is 18.2 Å². The molecule has 3 rings (SSSR count). The topological polar surface area (TPSA) is 29.5 Å². The van der Waals surface area contributed by atoms with Crippen molar-refractivity contribution in [2.24, 2.45) is 0 Å². The smallest absolute Gasteiger partial charge is 0.210 e. The van der Waals surface area contributed by atoms with Gasteiger partial charge < -0.3 is 9.64 Å². The Morgan fingerprint density at radius 2 is 2.16 bits per heavy atom. The molecule has 1 aromatic heterocycles. The maximum absolute atomic E-state index is 11.2. The van der Waals surface area contributed by atoms with Gasteiger partial charge in [0, 0.05) is 17.0 Å². The Morgan fingerprint density at radius 3 is 2.89 bits per heavy atom. The average Bonchev–Trinajstić information content (AvgIpc) is 2.75. The first-order chi connectivity index (χ1) is 9.26. The van der Waals surface area contributed by atoms with Crippen molar-refractivity contribution in [2.45, 2.75) is 12.6 Å². The van der Waals surface area contributed by atoms with Crippen LogP contribution < -0.4 is 4.74 Å². The molecule has 0 radical (unpaired) electrons. The molecule has 3 nitrogen and oxygen atoms in total. The lowest BCUT2D eigenvalue weighted by Gasteiger charge is -2.19. The van der Waals surface area contributed by atoms with Crippen LogP contribution in [0, 0.1) is 0 Å². The molecule has 1 atom stereocenters. The van der Waals surface area contributed by atoms with Crippen molar-refractivity contribution in [1.29, 1.82) is 0 Å². The highest BCUT2D eigenvalue weighted by atomic mass is 79.9. The van der Waals surface area contributed by atoms with Gasteiger partial charge in [0.05, 0.1) is 10.3 Å². The fraction of sp³-hybridized carbons (Fsp3) is 0.214. The second kappa shape index (κ2) is 5.35. The van der Waals surface area contributed by atoms with E-state index in [2.05, 4.69) is 15.9 Å². The lowest BCUT2D eigenvalue weighted by molar-refractivity contribution is -0.119. The van der Waals surface area contributed by atoms with Gasteiger partial charge >= 0.3 is 0 Å². The van der Waals surface area contributed by atoms with Crippen LogP contribution in [-0.2, 0) is 11.3 Å². The van der Waals surface area contributed by atoms with Crippen molar-refractivity contribution in [3.05, 3.63) is 50.6 Å². The Hall–Kier alpha value is -1.33. The summed E-state index contributed by atoms with van der Waals surface area (Å²) in [4.78, 5) is 14.0. The van der Waals surface area contributed by atoms with Gasteiger partial charge in [0.2, 0.25) is 6.41 Å². The Kier molecular flexibility index (Phi) is 3.57. The van der Waals surface area contributed by atoms with E-state index in [1.165, 1.54) is 0 Å². The largest absolute Gasteiger partial charge is 0.483 e. The van der Waals surface area contributed by atoms with Crippen LogP contribution in [-0.4, -0.2) is 17.9 Å². The number of halogens is 1. The Labute approximate surface area is 123 Å². The van der Waals surface area contributed by atoms with Crippen LogP contribution in [0.3, 0.4) is 0 Å². The number of benzene rings is 1. The number of thiophene rings is 1. The van der Waals surface area contributed by atoms with Gasteiger partial charge in [0.15, 0.2) is 6.10 Å². The van der Waals surface area contributed by atoms with E-state index >= 15 is 0 Å². The molecule has 1 unspecified atom stereocenters. The molecule has 0 aliphatic carbocycles. The summed E-state index contributed by atoms with van der Waals surface area (Å²) in [5, 5.41) is 0. The molecule has 2 aromatic rings. The Balaban J connectivity index is 1.96. The summed E-state index contributed by atoms with van der Waals surface area (Å²) in [6, 6.07) is 11.9. The van der Waals surface area contributed by atoms with Crippen molar-refractivity contribution >= 4 is 33.7 Å². The van der Waals surface area contributed by atoms with E-state index in [9.17, 15) is 4.79 Å². The highest BCUT2D eigenvalue weighted by Crippen LogP contribution is 2.34. The number of fused-ring (bicyclic) bond motifs is 1. The molecule has 0 bridgehead atoms. The van der Waals surface area contributed by atoms with Gasteiger partial charge in [-0.2, -0.15) is 0 Å². The Morgan fingerprint density at radius 1 is 1.32 bits per heavy atom. The van der Waals surface area contributed by atoms with E-state index in [-0.39, 0.29) is 6.10 Å². The molecule has 0 N–H and O–H groups in total. The first-order valence-electron chi connectivity index (χ1n) is 5.95. The molecular weight excluding hydrogens is 326 g/mol. The lowest BCUT2D eigenvalue weighted by Crippen LogP contribution is -2.26. The maximum Gasteiger partial charge on any atom is 0.210 e. The zero-order valence-corrected chi connectivity index (χ0v) is 12.5. The highest BCUT2D eigenvalue weighted by molar-refractivity contribution is 9.11. The maximum atomic E-state index is 11.2. The number of hydrogen-bond acceptors (Lipinski definition) is 3. The SMILES string of the molecule is O=CN1Cc2ccccc2OC(c2ccc(Br)s2)C1. The number of nitrogens with zero attached hydrogens (tertiary/aromatic N) is 1. The lowest BCUT2D eigenvalue weighted by atomic mass is 10.2. The molecular formula is C14H12BrNO2S.